The fourth-order valence-corrected chi connectivity index (χ4v) is 4.39. The Kier molecular flexibility index (Phi) is 3.71. The summed E-state index contributed by atoms with van der Waals surface area (Å²) in [6.45, 7) is 0.773. The van der Waals surface area contributed by atoms with Crippen molar-refractivity contribution in [1.82, 2.24) is 9.55 Å². The van der Waals surface area contributed by atoms with Crippen molar-refractivity contribution in [2.24, 2.45) is 0 Å². The van der Waals surface area contributed by atoms with Gasteiger partial charge in [0.15, 0.2) is 12.0 Å². The number of hydrogen-bond acceptors (Lipinski definition) is 7. The van der Waals surface area contributed by atoms with Gasteiger partial charge in [-0.2, -0.15) is 0 Å². The number of hydrogen-bond donors (Lipinski definition) is 3. The van der Waals surface area contributed by atoms with Crippen molar-refractivity contribution in [2.75, 3.05) is 13.2 Å². The predicted octanol–water partition coefficient (Wildman–Crippen LogP) is -0.767. The first-order valence-corrected chi connectivity index (χ1v) is 8.47. The molecule has 0 unspecified atom stereocenters. The molecule has 3 fully saturated rings. The highest BCUT2D eigenvalue weighted by Crippen LogP contribution is 2.57. The first-order valence-electron chi connectivity index (χ1n) is 8.47. The summed E-state index contributed by atoms with van der Waals surface area (Å²) in [6.07, 6.45) is 2.94. The number of aromatic nitrogens is 2. The first-order chi connectivity index (χ1) is 11.9. The van der Waals surface area contributed by atoms with Gasteiger partial charge in [0, 0.05) is 25.1 Å². The Bertz CT molecular complexity index is 777. The van der Waals surface area contributed by atoms with Gasteiger partial charge < -0.3 is 24.4 Å². The number of ether oxygens (including phenoxy) is 3. The van der Waals surface area contributed by atoms with Gasteiger partial charge in [0.1, 0.15) is 17.3 Å². The summed E-state index contributed by atoms with van der Waals surface area (Å²) < 4.78 is 19.6. The van der Waals surface area contributed by atoms with Gasteiger partial charge in [-0.15, -0.1) is 0 Å². The number of nitrogens with zero attached hydrogens (tertiary/aromatic N) is 1. The van der Waals surface area contributed by atoms with Crippen molar-refractivity contribution in [3.8, 4) is 0 Å². The monoisotopic (exact) mass is 354 g/mol. The molecule has 0 amide bonds. The molecule has 4 rings (SSSR count). The molecular formula is C16H22N2O7. The molecule has 0 bridgehead atoms. The van der Waals surface area contributed by atoms with E-state index in [-0.39, 0.29) is 0 Å². The first kappa shape index (κ1) is 16.9. The van der Waals surface area contributed by atoms with E-state index >= 15 is 0 Å². The molecule has 9 heteroatoms. The molecule has 2 aliphatic heterocycles. The molecule has 3 aliphatic rings. The summed E-state index contributed by atoms with van der Waals surface area (Å²) in [7, 11) is 0. The molecule has 2 saturated heterocycles. The maximum absolute atomic E-state index is 12.3. The van der Waals surface area contributed by atoms with Gasteiger partial charge >= 0.3 is 5.69 Å². The van der Waals surface area contributed by atoms with Crippen LogP contribution in [-0.4, -0.2) is 56.1 Å². The van der Waals surface area contributed by atoms with Crippen LogP contribution in [-0.2, 0) is 14.2 Å². The van der Waals surface area contributed by atoms with Crippen molar-refractivity contribution >= 4 is 0 Å². The number of H-pyrrole nitrogens is 1. The Balaban J connectivity index is 1.82. The lowest BCUT2D eigenvalue weighted by Gasteiger charge is -2.33. The third-order valence-corrected chi connectivity index (χ3v) is 5.58. The van der Waals surface area contributed by atoms with E-state index in [9.17, 15) is 19.8 Å². The van der Waals surface area contributed by atoms with E-state index < -0.39 is 53.8 Å². The van der Waals surface area contributed by atoms with Crippen LogP contribution in [0.1, 0.15) is 38.8 Å². The molecule has 138 valence electrons. The zero-order valence-corrected chi connectivity index (χ0v) is 13.9. The molecule has 1 aromatic heterocycles. The number of aromatic amines is 1. The summed E-state index contributed by atoms with van der Waals surface area (Å²) in [4.78, 5) is 25.8. The second kappa shape index (κ2) is 5.49. The predicted molar refractivity (Wildman–Crippen MR) is 83.9 cm³/mol. The van der Waals surface area contributed by atoms with Crippen molar-refractivity contribution in [3.63, 3.8) is 0 Å². The lowest BCUT2D eigenvalue weighted by molar-refractivity contribution is -0.256. The lowest BCUT2D eigenvalue weighted by Crippen LogP contribution is -2.52. The molecule has 25 heavy (non-hydrogen) atoms. The summed E-state index contributed by atoms with van der Waals surface area (Å²) >= 11 is 0. The number of aliphatic hydroxyl groups is 2. The largest absolute Gasteiger partial charge is 0.393 e. The van der Waals surface area contributed by atoms with Gasteiger partial charge in [0.2, 0.25) is 0 Å². The van der Waals surface area contributed by atoms with Crippen LogP contribution in [0.3, 0.4) is 0 Å². The number of fused-ring (bicyclic) bond motifs is 1. The molecule has 1 aromatic rings. The lowest BCUT2D eigenvalue weighted by atomic mass is 9.88. The van der Waals surface area contributed by atoms with Crippen molar-refractivity contribution < 1.29 is 24.4 Å². The highest BCUT2D eigenvalue weighted by Gasteiger charge is 2.71. The Labute approximate surface area is 143 Å². The highest BCUT2D eigenvalue weighted by atomic mass is 16.8. The summed E-state index contributed by atoms with van der Waals surface area (Å²) in [5.41, 5.74) is -3.67. The average Bonchev–Trinajstić information content (AvgIpc) is 3.21. The average molecular weight is 354 g/mol. The second-order valence-corrected chi connectivity index (χ2v) is 7.27. The summed E-state index contributed by atoms with van der Waals surface area (Å²) in [5.74, 6) is -0.789. The molecule has 9 nitrogen and oxygen atoms in total. The van der Waals surface area contributed by atoms with E-state index in [2.05, 4.69) is 4.98 Å². The molecular weight excluding hydrogens is 332 g/mol. The number of nitrogens with one attached hydrogen (secondary N) is 1. The Morgan fingerprint density at radius 1 is 1.24 bits per heavy atom. The van der Waals surface area contributed by atoms with Gasteiger partial charge in [-0.1, -0.05) is 0 Å². The van der Waals surface area contributed by atoms with E-state index in [0.29, 0.717) is 12.8 Å². The van der Waals surface area contributed by atoms with Crippen LogP contribution in [0.5, 0.6) is 0 Å². The standard InChI is InChI=1S/C16H22N2O7/c1-14-11(23-16(25-14)5-2-3-6-16)15(8-19,9-20)24-12(14)18-7-4-10(21)17-13(18)22/h4,7,11-12,19-20H,2-3,5-6,8-9H2,1H3,(H,17,21,22)/t11-,12+,14+/m0/s1. The molecule has 1 spiro atoms. The van der Waals surface area contributed by atoms with Gasteiger partial charge in [0.05, 0.1) is 13.2 Å². The van der Waals surface area contributed by atoms with Gasteiger partial charge in [-0.25, -0.2) is 4.79 Å². The smallest absolute Gasteiger partial charge is 0.330 e. The molecule has 3 atom stereocenters. The minimum atomic E-state index is -1.40. The number of aliphatic hydroxyl groups excluding tert-OH is 2. The molecule has 1 aliphatic carbocycles. The third kappa shape index (κ3) is 2.27. The zero-order chi connectivity index (χ0) is 17.9. The molecule has 0 aromatic carbocycles. The SMILES string of the molecule is C[C@@]12OC3(CCCC3)O[C@@H]1C(CO)(CO)O[C@H]2n1ccc(=O)[nH]c1=O. The van der Waals surface area contributed by atoms with Crippen molar-refractivity contribution in [3.05, 3.63) is 33.1 Å². The van der Waals surface area contributed by atoms with Crippen LogP contribution in [0.15, 0.2) is 21.9 Å². The second-order valence-electron chi connectivity index (χ2n) is 7.27. The minimum absolute atomic E-state index is 0.488. The molecule has 0 radical (unpaired) electrons. The van der Waals surface area contributed by atoms with E-state index in [0.717, 1.165) is 12.8 Å². The van der Waals surface area contributed by atoms with Crippen LogP contribution in [0.25, 0.3) is 0 Å². The molecule has 3 N–H and O–H groups in total. The molecule has 3 heterocycles. The van der Waals surface area contributed by atoms with Gasteiger partial charge in [-0.05, 0) is 19.8 Å². The van der Waals surface area contributed by atoms with Crippen LogP contribution < -0.4 is 11.2 Å². The zero-order valence-electron chi connectivity index (χ0n) is 13.9. The number of rotatable bonds is 3. The Morgan fingerprint density at radius 3 is 2.52 bits per heavy atom. The van der Waals surface area contributed by atoms with E-state index in [1.165, 1.54) is 16.8 Å². The normalized spacial score (nSPS) is 35.3. The Hall–Kier alpha value is -1.52. The molecule has 1 saturated carbocycles. The Morgan fingerprint density at radius 2 is 1.92 bits per heavy atom. The minimum Gasteiger partial charge on any atom is -0.393 e. The van der Waals surface area contributed by atoms with E-state index in [1.807, 2.05) is 0 Å². The van der Waals surface area contributed by atoms with Crippen molar-refractivity contribution in [1.29, 1.82) is 0 Å². The summed E-state index contributed by atoms with van der Waals surface area (Å²) in [5, 5.41) is 19.8. The maximum atomic E-state index is 12.3. The van der Waals surface area contributed by atoms with Crippen LogP contribution in [0.2, 0.25) is 0 Å². The van der Waals surface area contributed by atoms with Crippen LogP contribution >= 0.6 is 0 Å². The fourth-order valence-electron chi connectivity index (χ4n) is 4.39. The van der Waals surface area contributed by atoms with Crippen LogP contribution in [0, 0.1) is 0 Å². The third-order valence-electron chi connectivity index (χ3n) is 5.58. The van der Waals surface area contributed by atoms with Crippen molar-refractivity contribution in [2.45, 2.75) is 61.9 Å². The fraction of sp³-hybridized carbons (Fsp3) is 0.750. The quantitative estimate of drug-likeness (QED) is 0.651. The van der Waals surface area contributed by atoms with Gasteiger partial charge in [-0.3, -0.25) is 14.3 Å². The van der Waals surface area contributed by atoms with Gasteiger partial charge in [0.25, 0.3) is 5.56 Å². The van der Waals surface area contributed by atoms with E-state index in [4.69, 9.17) is 14.2 Å². The summed E-state index contributed by atoms with van der Waals surface area (Å²) in [6, 6.07) is 1.21. The maximum Gasteiger partial charge on any atom is 0.330 e. The topological polar surface area (TPSA) is 123 Å². The highest BCUT2D eigenvalue weighted by molar-refractivity contribution is 5.14. The van der Waals surface area contributed by atoms with Crippen LogP contribution in [0.4, 0.5) is 0 Å². The van der Waals surface area contributed by atoms with E-state index in [1.54, 1.807) is 6.92 Å².